The molecular formula is C18H18N6O2S. The van der Waals surface area contributed by atoms with Gasteiger partial charge in [0.25, 0.3) is 0 Å². The molecule has 4 aromatic rings. The summed E-state index contributed by atoms with van der Waals surface area (Å²) in [6.45, 7) is 0.583. The minimum atomic E-state index is -1.18. The Kier molecular flexibility index (Phi) is 5.03. The summed E-state index contributed by atoms with van der Waals surface area (Å²) in [5.41, 5.74) is 3.28. The van der Waals surface area contributed by atoms with Crippen LogP contribution in [0.3, 0.4) is 0 Å². The van der Waals surface area contributed by atoms with Crippen LogP contribution in [0.1, 0.15) is 6.42 Å². The van der Waals surface area contributed by atoms with Gasteiger partial charge in [0.1, 0.15) is 16.9 Å². The number of nitrogens with one attached hydrogen (secondary N) is 1. The number of hydrogen-bond donors (Lipinski definition) is 1. The highest BCUT2D eigenvalue weighted by molar-refractivity contribution is 7.84. The zero-order valence-corrected chi connectivity index (χ0v) is 15.5. The predicted octanol–water partition coefficient (Wildman–Crippen LogP) is 2.35. The van der Waals surface area contributed by atoms with Crippen molar-refractivity contribution in [1.29, 1.82) is 0 Å². The largest absolute Gasteiger partial charge is 0.385 e. The van der Waals surface area contributed by atoms with Crippen molar-refractivity contribution in [3.8, 4) is 17.1 Å². The molecular weight excluding hydrogens is 364 g/mol. The van der Waals surface area contributed by atoms with E-state index in [9.17, 15) is 4.21 Å². The first-order valence-corrected chi connectivity index (χ1v) is 9.76. The van der Waals surface area contributed by atoms with E-state index in [0.29, 0.717) is 34.4 Å². The highest BCUT2D eigenvalue weighted by Gasteiger charge is 2.12. The van der Waals surface area contributed by atoms with Crippen LogP contribution in [0.5, 0.6) is 0 Å². The molecule has 0 amide bonds. The van der Waals surface area contributed by atoms with Crippen molar-refractivity contribution in [1.82, 2.24) is 29.7 Å². The van der Waals surface area contributed by atoms with Gasteiger partial charge in [-0.1, -0.05) is 12.1 Å². The van der Waals surface area contributed by atoms with E-state index in [0.717, 1.165) is 17.7 Å². The minimum Gasteiger partial charge on any atom is -0.385 e. The topological polar surface area (TPSA) is 98.6 Å². The summed E-state index contributed by atoms with van der Waals surface area (Å²) >= 11 is 0. The van der Waals surface area contributed by atoms with Crippen molar-refractivity contribution in [2.45, 2.75) is 11.4 Å². The molecule has 0 aliphatic carbocycles. The lowest BCUT2D eigenvalue weighted by Crippen LogP contribution is -2.04. The number of aromatic nitrogens is 6. The van der Waals surface area contributed by atoms with Gasteiger partial charge in [-0.2, -0.15) is 5.10 Å². The zero-order chi connectivity index (χ0) is 18.6. The molecule has 0 saturated heterocycles. The summed E-state index contributed by atoms with van der Waals surface area (Å²) < 4.78 is 19.3. The SMILES string of the molecule is COCCC[S@](=O)c1cnc2c(ccn2-c2cccc(-c3ncn[nH]3)c2)n1. The van der Waals surface area contributed by atoms with Crippen LogP contribution in [-0.4, -0.2) is 53.4 Å². The van der Waals surface area contributed by atoms with Gasteiger partial charge in [0.2, 0.25) is 0 Å². The Morgan fingerprint density at radius 1 is 1.26 bits per heavy atom. The fraction of sp³-hybridized carbons (Fsp3) is 0.222. The molecule has 4 rings (SSSR count). The summed E-state index contributed by atoms with van der Waals surface area (Å²) in [5, 5.41) is 7.25. The third-order valence-electron chi connectivity index (χ3n) is 4.09. The van der Waals surface area contributed by atoms with Crippen LogP contribution < -0.4 is 0 Å². The molecule has 0 fully saturated rings. The fourth-order valence-corrected chi connectivity index (χ4v) is 3.76. The van der Waals surface area contributed by atoms with Gasteiger partial charge in [0.05, 0.1) is 17.0 Å². The van der Waals surface area contributed by atoms with Crippen molar-refractivity contribution in [3.05, 3.63) is 49.1 Å². The minimum absolute atomic E-state index is 0.492. The van der Waals surface area contributed by atoms with E-state index < -0.39 is 10.8 Å². The molecule has 0 bridgehead atoms. The number of fused-ring (bicyclic) bond motifs is 1. The maximum Gasteiger partial charge on any atom is 0.163 e. The second-order valence-electron chi connectivity index (χ2n) is 5.88. The number of rotatable bonds is 7. The molecule has 0 unspecified atom stereocenters. The van der Waals surface area contributed by atoms with Gasteiger partial charge in [-0.15, -0.1) is 0 Å². The number of aromatic amines is 1. The van der Waals surface area contributed by atoms with Crippen LogP contribution in [0.25, 0.3) is 28.2 Å². The lowest BCUT2D eigenvalue weighted by molar-refractivity contribution is 0.200. The van der Waals surface area contributed by atoms with Crippen molar-refractivity contribution >= 4 is 22.0 Å². The second-order valence-corrected chi connectivity index (χ2v) is 7.40. The Balaban J connectivity index is 1.64. The number of methoxy groups -OCH3 is 1. The summed E-state index contributed by atoms with van der Waals surface area (Å²) in [5.74, 6) is 1.21. The summed E-state index contributed by atoms with van der Waals surface area (Å²) in [4.78, 5) is 13.2. The van der Waals surface area contributed by atoms with Crippen molar-refractivity contribution < 1.29 is 8.95 Å². The van der Waals surface area contributed by atoms with Gasteiger partial charge in [0.15, 0.2) is 11.5 Å². The Hall–Kier alpha value is -2.91. The molecule has 0 aliphatic heterocycles. The van der Waals surface area contributed by atoms with Crippen LogP contribution in [0.4, 0.5) is 0 Å². The van der Waals surface area contributed by atoms with Crippen molar-refractivity contribution in [2.24, 2.45) is 0 Å². The molecule has 3 heterocycles. The Bertz CT molecular complexity index is 1080. The molecule has 9 heteroatoms. The number of hydrogen-bond acceptors (Lipinski definition) is 6. The van der Waals surface area contributed by atoms with Crippen molar-refractivity contribution in [3.63, 3.8) is 0 Å². The molecule has 138 valence electrons. The normalized spacial score (nSPS) is 12.5. The van der Waals surface area contributed by atoms with Crippen LogP contribution in [0.15, 0.2) is 54.1 Å². The molecule has 0 spiro atoms. The summed E-state index contributed by atoms with van der Waals surface area (Å²) in [6, 6.07) is 9.77. The van der Waals surface area contributed by atoms with Gasteiger partial charge in [-0.3, -0.25) is 13.9 Å². The monoisotopic (exact) mass is 382 g/mol. The standard InChI is InChI=1S/C18H18N6O2S/c1-26-8-3-9-27(25)16-11-19-18-15(22-16)6-7-24(18)14-5-2-4-13(10-14)17-20-12-21-23-17/h2,4-7,10-12H,3,8-9H2,1H3,(H,20,21,23)/t27-/m0/s1. The van der Waals surface area contributed by atoms with Gasteiger partial charge >= 0.3 is 0 Å². The number of benzene rings is 1. The predicted molar refractivity (Wildman–Crippen MR) is 102 cm³/mol. The van der Waals surface area contributed by atoms with E-state index in [4.69, 9.17) is 4.74 Å². The Morgan fingerprint density at radius 2 is 2.19 bits per heavy atom. The average Bonchev–Trinajstić information content (AvgIpc) is 3.37. The molecule has 8 nitrogen and oxygen atoms in total. The van der Waals surface area contributed by atoms with E-state index in [1.165, 1.54) is 6.33 Å². The maximum absolute atomic E-state index is 12.3. The number of H-pyrrole nitrogens is 1. The van der Waals surface area contributed by atoms with Gasteiger partial charge in [-0.05, 0) is 24.6 Å². The number of nitrogens with zero attached hydrogens (tertiary/aromatic N) is 5. The van der Waals surface area contributed by atoms with Crippen LogP contribution >= 0.6 is 0 Å². The average molecular weight is 382 g/mol. The zero-order valence-electron chi connectivity index (χ0n) is 14.7. The first kappa shape index (κ1) is 17.5. The van der Waals surface area contributed by atoms with Gasteiger partial charge in [0, 0.05) is 36.9 Å². The smallest absolute Gasteiger partial charge is 0.163 e. The summed E-state index contributed by atoms with van der Waals surface area (Å²) in [6.07, 6.45) is 5.69. The Morgan fingerprint density at radius 3 is 3.00 bits per heavy atom. The quantitative estimate of drug-likeness (QED) is 0.493. The highest BCUT2D eigenvalue weighted by Crippen LogP contribution is 2.22. The van der Waals surface area contributed by atoms with E-state index >= 15 is 0 Å². The van der Waals surface area contributed by atoms with E-state index in [-0.39, 0.29) is 0 Å². The number of ether oxygens (including phenoxy) is 1. The molecule has 1 atom stereocenters. The molecule has 3 aromatic heterocycles. The van der Waals surface area contributed by atoms with Crippen LogP contribution in [0.2, 0.25) is 0 Å². The van der Waals surface area contributed by atoms with Crippen molar-refractivity contribution in [2.75, 3.05) is 19.5 Å². The lowest BCUT2D eigenvalue weighted by Gasteiger charge is -2.07. The highest BCUT2D eigenvalue weighted by atomic mass is 32.2. The first-order valence-electron chi connectivity index (χ1n) is 8.44. The molecule has 0 aliphatic rings. The van der Waals surface area contributed by atoms with E-state index in [1.54, 1.807) is 13.3 Å². The molecule has 27 heavy (non-hydrogen) atoms. The Labute approximate surface area is 158 Å². The van der Waals surface area contributed by atoms with E-state index in [2.05, 4.69) is 25.1 Å². The third-order valence-corrected chi connectivity index (χ3v) is 5.41. The second kappa shape index (κ2) is 7.77. The molecule has 1 N–H and O–H groups in total. The maximum atomic E-state index is 12.3. The fourth-order valence-electron chi connectivity index (χ4n) is 2.80. The molecule has 0 saturated carbocycles. The van der Waals surface area contributed by atoms with E-state index in [1.807, 2.05) is 41.1 Å². The third kappa shape index (κ3) is 3.64. The summed E-state index contributed by atoms with van der Waals surface area (Å²) in [7, 11) is 0.451. The van der Waals surface area contributed by atoms with Gasteiger partial charge < -0.3 is 4.74 Å². The van der Waals surface area contributed by atoms with Gasteiger partial charge in [-0.25, -0.2) is 15.0 Å². The molecule has 0 radical (unpaired) electrons. The lowest BCUT2D eigenvalue weighted by atomic mass is 10.2. The van der Waals surface area contributed by atoms with Crippen LogP contribution in [-0.2, 0) is 15.5 Å². The first-order chi connectivity index (χ1) is 13.3. The van der Waals surface area contributed by atoms with Crippen LogP contribution in [0, 0.1) is 0 Å². The molecule has 1 aromatic carbocycles.